The van der Waals surface area contributed by atoms with E-state index in [0.717, 1.165) is 5.57 Å². The Labute approximate surface area is 102 Å². The standard InChI is InChI=1S/C12H17NO3S/c1-4-6-11(7-5-2)8-13-9-12(14)10(3)17(13,15)16/h4-7,12,14H,1,3,8-9H2,2H3/b7-5-,11-6+. The third kappa shape index (κ3) is 2.94. The Morgan fingerprint density at radius 1 is 1.65 bits per heavy atom. The van der Waals surface area contributed by atoms with Crippen LogP contribution in [-0.2, 0) is 10.0 Å². The van der Waals surface area contributed by atoms with Gasteiger partial charge in [-0.15, -0.1) is 0 Å². The van der Waals surface area contributed by atoms with E-state index in [2.05, 4.69) is 13.2 Å². The summed E-state index contributed by atoms with van der Waals surface area (Å²) in [5.74, 6) is 0. The van der Waals surface area contributed by atoms with Crippen LogP contribution in [0.1, 0.15) is 6.92 Å². The van der Waals surface area contributed by atoms with Crippen LogP contribution in [0.3, 0.4) is 0 Å². The van der Waals surface area contributed by atoms with E-state index in [1.165, 1.54) is 4.31 Å². The van der Waals surface area contributed by atoms with Gasteiger partial charge in [-0.05, 0) is 12.5 Å². The predicted octanol–water partition coefficient (Wildman–Crippen LogP) is 1.19. The molecule has 17 heavy (non-hydrogen) atoms. The van der Waals surface area contributed by atoms with Crippen molar-refractivity contribution >= 4 is 10.0 Å². The molecule has 0 aromatic rings. The molecule has 1 aliphatic rings. The largest absolute Gasteiger partial charge is 0.386 e. The van der Waals surface area contributed by atoms with Crippen molar-refractivity contribution in [1.82, 2.24) is 4.31 Å². The van der Waals surface area contributed by atoms with Crippen molar-refractivity contribution in [1.29, 1.82) is 0 Å². The van der Waals surface area contributed by atoms with Gasteiger partial charge in [0.2, 0.25) is 10.0 Å². The lowest BCUT2D eigenvalue weighted by Gasteiger charge is -2.14. The minimum Gasteiger partial charge on any atom is -0.386 e. The smallest absolute Gasteiger partial charge is 0.241 e. The molecule has 4 nitrogen and oxygen atoms in total. The molecule has 0 aromatic carbocycles. The van der Waals surface area contributed by atoms with E-state index >= 15 is 0 Å². The lowest BCUT2D eigenvalue weighted by molar-refractivity contribution is 0.205. The van der Waals surface area contributed by atoms with Crippen LogP contribution in [0.5, 0.6) is 0 Å². The maximum Gasteiger partial charge on any atom is 0.241 e. The summed E-state index contributed by atoms with van der Waals surface area (Å²) in [4.78, 5) is -0.129. The summed E-state index contributed by atoms with van der Waals surface area (Å²) in [7, 11) is -3.57. The molecule has 0 amide bonds. The molecule has 0 bridgehead atoms. The quantitative estimate of drug-likeness (QED) is 0.768. The van der Waals surface area contributed by atoms with E-state index in [1.54, 1.807) is 12.2 Å². The highest BCUT2D eigenvalue weighted by Gasteiger charge is 2.38. The summed E-state index contributed by atoms with van der Waals surface area (Å²) in [6.07, 6.45) is 5.97. The predicted molar refractivity (Wildman–Crippen MR) is 68.7 cm³/mol. The summed E-state index contributed by atoms with van der Waals surface area (Å²) in [5, 5.41) is 9.50. The third-order valence-electron chi connectivity index (χ3n) is 2.49. The van der Waals surface area contributed by atoms with Crippen molar-refractivity contribution in [3.05, 3.63) is 47.9 Å². The molecule has 1 fully saturated rings. The van der Waals surface area contributed by atoms with Gasteiger partial charge in [0.1, 0.15) is 6.10 Å². The molecule has 0 aliphatic carbocycles. The molecular weight excluding hydrogens is 238 g/mol. The molecule has 94 valence electrons. The van der Waals surface area contributed by atoms with Gasteiger partial charge in [0, 0.05) is 13.1 Å². The average molecular weight is 255 g/mol. The molecule has 1 saturated heterocycles. The van der Waals surface area contributed by atoms with E-state index < -0.39 is 16.1 Å². The fourth-order valence-corrected chi connectivity index (χ4v) is 3.02. The zero-order valence-corrected chi connectivity index (χ0v) is 10.7. The maximum atomic E-state index is 11.8. The van der Waals surface area contributed by atoms with E-state index in [-0.39, 0.29) is 18.0 Å². The number of allylic oxidation sites excluding steroid dienone is 3. The molecule has 0 saturated carbocycles. The van der Waals surface area contributed by atoms with E-state index in [9.17, 15) is 13.5 Å². The van der Waals surface area contributed by atoms with Crippen molar-refractivity contribution in [2.75, 3.05) is 13.1 Å². The van der Waals surface area contributed by atoms with Crippen LogP contribution in [0.15, 0.2) is 47.9 Å². The Morgan fingerprint density at radius 3 is 2.71 bits per heavy atom. The Morgan fingerprint density at radius 2 is 2.29 bits per heavy atom. The molecule has 1 N–H and O–H groups in total. The van der Waals surface area contributed by atoms with Crippen LogP contribution in [-0.4, -0.2) is 37.0 Å². The molecule has 0 aromatic heterocycles. The molecule has 1 unspecified atom stereocenters. The third-order valence-corrected chi connectivity index (χ3v) is 4.38. The number of hydrogen-bond donors (Lipinski definition) is 1. The van der Waals surface area contributed by atoms with Crippen molar-refractivity contribution in [2.24, 2.45) is 0 Å². The molecule has 0 spiro atoms. The van der Waals surface area contributed by atoms with Crippen molar-refractivity contribution in [3.63, 3.8) is 0 Å². The first-order chi connectivity index (χ1) is 7.93. The van der Waals surface area contributed by atoms with Crippen LogP contribution in [0.4, 0.5) is 0 Å². The second kappa shape index (κ2) is 5.44. The highest BCUT2D eigenvalue weighted by molar-refractivity contribution is 7.93. The number of aliphatic hydroxyl groups is 1. The molecule has 0 radical (unpaired) electrons. The van der Waals surface area contributed by atoms with Gasteiger partial charge < -0.3 is 5.11 Å². The first kappa shape index (κ1) is 13.9. The molecule has 1 heterocycles. The van der Waals surface area contributed by atoms with Gasteiger partial charge >= 0.3 is 0 Å². The topological polar surface area (TPSA) is 57.6 Å². The number of nitrogens with zero attached hydrogens (tertiary/aromatic N) is 1. The fraction of sp³-hybridized carbons (Fsp3) is 0.333. The Balaban J connectivity index is 2.93. The zero-order valence-electron chi connectivity index (χ0n) is 9.83. The summed E-state index contributed by atoms with van der Waals surface area (Å²) >= 11 is 0. The SMILES string of the molecule is C=C/C=C(\C=C/C)CN1CC(O)C(=C)S1(=O)=O. The van der Waals surface area contributed by atoms with Crippen LogP contribution < -0.4 is 0 Å². The summed E-state index contributed by atoms with van der Waals surface area (Å²) in [6.45, 7) is 9.11. The average Bonchev–Trinajstić information content (AvgIpc) is 2.44. The number of rotatable bonds is 4. The zero-order chi connectivity index (χ0) is 13.1. The first-order valence-corrected chi connectivity index (χ1v) is 6.68. The van der Waals surface area contributed by atoms with Gasteiger partial charge in [-0.3, -0.25) is 0 Å². The Kier molecular flexibility index (Phi) is 4.45. The number of sulfonamides is 1. The monoisotopic (exact) mass is 255 g/mol. The highest BCUT2D eigenvalue weighted by atomic mass is 32.2. The van der Waals surface area contributed by atoms with Crippen molar-refractivity contribution < 1.29 is 13.5 Å². The lowest BCUT2D eigenvalue weighted by atomic mass is 10.2. The van der Waals surface area contributed by atoms with Gasteiger partial charge in [0.15, 0.2) is 0 Å². The van der Waals surface area contributed by atoms with E-state index in [4.69, 9.17) is 0 Å². The number of aliphatic hydroxyl groups excluding tert-OH is 1. The summed E-state index contributed by atoms with van der Waals surface area (Å²) in [6, 6.07) is 0. The van der Waals surface area contributed by atoms with E-state index in [0.29, 0.717) is 0 Å². The van der Waals surface area contributed by atoms with E-state index in [1.807, 2.05) is 19.1 Å². The first-order valence-electron chi connectivity index (χ1n) is 5.24. The van der Waals surface area contributed by atoms with Crippen molar-refractivity contribution in [2.45, 2.75) is 13.0 Å². The molecule has 1 atom stereocenters. The van der Waals surface area contributed by atoms with Gasteiger partial charge in [-0.2, -0.15) is 4.31 Å². The fourth-order valence-electron chi connectivity index (χ4n) is 1.61. The lowest BCUT2D eigenvalue weighted by Crippen LogP contribution is -2.27. The highest BCUT2D eigenvalue weighted by Crippen LogP contribution is 2.25. The maximum absolute atomic E-state index is 11.8. The van der Waals surface area contributed by atoms with Crippen LogP contribution in [0, 0.1) is 0 Å². The number of β-amino-alcohol motifs (C(OH)–C–C–N with tert-alkyl or cyclic N) is 1. The second-order valence-corrected chi connectivity index (χ2v) is 5.75. The minimum atomic E-state index is -3.57. The molecule has 5 heteroatoms. The van der Waals surface area contributed by atoms with Gasteiger partial charge in [0.25, 0.3) is 0 Å². The van der Waals surface area contributed by atoms with Crippen LogP contribution in [0.2, 0.25) is 0 Å². The second-order valence-electron chi connectivity index (χ2n) is 3.76. The van der Waals surface area contributed by atoms with Gasteiger partial charge in [0.05, 0.1) is 4.91 Å². The van der Waals surface area contributed by atoms with Crippen LogP contribution in [0.25, 0.3) is 0 Å². The summed E-state index contributed by atoms with van der Waals surface area (Å²) < 4.78 is 24.9. The Hall–Kier alpha value is -1.17. The van der Waals surface area contributed by atoms with Gasteiger partial charge in [-0.25, -0.2) is 8.42 Å². The summed E-state index contributed by atoms with van der Waals surface area (Å²) in [5.41, 5.74) is 0.813. The molecular formula is C12H17NO3S. The van der Waals surface area contributed by atoms with Crippen LogP contribution >= 0.6 is 0 Å². The minimum absolute atomic E-state index is 0.0627. The Bertz CT molecular complexity index is 474. The molecule has 1 aliphatic heterocycles. The molecule has 1 rings (SSSR count). The number of hydrogen-bond acceptors (Lipinski definition) is 3. The van der Waals surface area contributed by atoms with Gasteiger partial charge in [-0.1, -0.05) is 37.5 Å². The normalized spacial score (nSPS) is 25.6. The van der Waals surface area contributed by atoms with Crippen molar-refractivity contribution in [3.8, 4) is 0 Å².